The van der Waals surface area contributed by atoms with Crippen molar-refractivity contribution in [3.05, 3.63) is 24.3 Å². The fourth-order valence-corrected chi connectivity index (χ4v) is 4.06. The van der Waals surface area contributed by atoms with Crippen LogP contribution in [0.5, 0.6) is 5.75 Å². The summed E-state index contributed by atoms with van der Waals surface area (Å²) < 4.78 is 31.8. The molecule has 1 heterocycles. The molecule has 1 atom stereocenters. The monoisotopic (exact) mass is 299 g/mol. The van der Waals surface area contributed by atoms with Crippen LogP contribution in [0.3, 0.4) is 0 Å². The predicted octanol–water partition coefficient (Wildman–Crippen LogP) is 1.62. The van der Waals surface area contributed by atoms with E-state index >= 15 is 0 Å². The van der Waals surface area contributed by atoms with Crippen LogP contribution in [0, 0.1) is 0 Å². The predicted molar refractivity (Wildman–Crippen MR) is 76.2 cm³/mol. The highest BCUT2D eigenvalue weighted by atomic mass is 32.2. The first-order chi connectivity index (χ1) is 9.59. The summed E-state index contributed by atoms with van der Waals surface area (Å²) >= 11 is 0. The molecule has 1 aliphatic rings. The van der Waals surface area contributed by atoms with Crippen LogP contribution in [0.15, 0.2) is 29.2 Å². The molecule has 1 fully saturated rings. The number of hydrogen-bond donors (Lipinski definition) is 1. The van der Waals surface area contributed by atoms with Gasteiger partial charge in [0.15, 0.2) is 0 Å². The van der Waals surface area contributed by atoms with Crippen LogP contribution in [0.1, 0.15) is 26.2 Å². The van der Waals surface area contributed by atoms with E-state index in [2.05, 4.69) is 0 Å². The fraction of sp³-hybridized carbons (Fsp3) is 0.571. The Labute approximate surface area is 120 Å². The van der Waals surface area contributed by atoms with Crippen molar-refractivity contribution in [1.29, 1.82) is 0 Å². The average Bonchev–Trinajstić information content (AvgIpc) is 2.95. The maximum absolute atomic E-state index is 12.5. The Bertz CT molecular complexity index is 527. The summed E-state index contributed by atoms with van der Waals surface area (Å²) in [7, 11) is -3.52. The van der Waals surface area contributed by atoms with Gasteiger partial charge in [-0.1, -0.05) is 6.92 Å². The highest BCUT2D eigenvalue weighted by Gasteiger charge is 2.34. The molecule has 0 aromatic heterocycles. The van der Waals surface area contributed by atoms with Crippen molar-refractivity contribution in [2.75, 3.05) is 19.8 Å². The Hall–Kier alpha value is -1.11. The minimum Gasteiger partial charge on any atom is -0.494 e. The number of hydrogen-bond acceptors (Lipinski definition) is 4. The Balaban J connectivity index is 2.17. The summed E-state index contributed by atoms with van der Waals surface area (Å²) in [6.45, 7) is 2.98. The molecule has 0 amide bonds. The van der Waals surface area contributed by atoms with Gasteiger partial charge < -0.3 is 9.84 Å². The van der Waals surface area contributed by atoms with Crippen LogP contribution < -0.4 is 4.74 Å². The molecular formula is C14H21NO4S. The fourth-order valence-electron chi connectivity index (χ4n) is 2.37. The molecule has 2 rings (SSSR count). The smallest absolute Gasteiger partial charge is 0.243 e. The SMILES string of the molecule is CCCOc1ccc(S(=O)(=O)N2CCC[C@H]2CO)cc1. The van der Waals surface area contributed by atoms with Gasteiger partial charge in [-0.15, -0.1) is 0 Å². The van der Waals surface area contributed by atoms with Crippen molar-refractivity contribution in [1.82, 2.24) is 4.31 Å². The van der Waals surface area contributed by atoms with Crippen LogP contribution in [-0.4, -0.2) is 43.6 Å². The maximum Gasteiger partial charge on any atom is 0.243 e. The zero-order valence-electron chi connectivity index (χ0n) is 11.7. The average molecular weight is 299 g/mol. The number of sulfonamides is 1. The normalized spacial score (nSPS) is 20.2. The first-order valence-corrected chi connectivity index (χ1v) is 8.39. The standard InChI is InChI=1S/C14H21NO4S/c1-2-10-19-13-5-7-14(8-6-13)20(17,18)15-9-3-4-12(15)11-16/h5-8,12,16H,2-4,9-11H2,1H3/t12-/m0/s1. The number of aliphatic hydroxyl groups excluding tert-OH is 1. The maximum atomic E-state index is 12.5. The van der Waals surface area contributed by atoms with Crippen molar-refractivity contribution < 1.29 is 18.3 Å². The van der Waals surface area contributed by atoms with Gasteiger partial charge in [0.1, 0.15) is 5.75 Å². The molecule has 6 heteroatoms. The van der Waals surface area contributed by atoms with Crippen molar-refractivity contribution in [3.63, 3.8) is 0 Å². The van der Waals surface area contributed by atoms with Gasteiger partial charge in [-0.25, -0.2) is 8.42 Å². The molecule has 1 aromatic carbocycles. The lowest BCUT2D eigenvalue weighted by molar-refractivity contribution is 0.213. The molecule has 1 aromatic rings. The first kappa shape index (κ1) is 15.3. The Morgan fingerprint density at radius 2 is 2.05 bits per heavy atom. The largest absolute Gasteiger partial charge is 0.494 e. The van der Waals surface area contributed by atoms with Crippen molar-refractivity contribution in [2.45, 2.75) is 37.1 Å². The third-order valence-corrected chi connectivity index (χ3v) is 5.40. The second-order valence-electron chi connectivity index (χ2n) is 4.91. The molecule has 112 valence electrons. The van der Waals surface area contributed by atoms with Crippen LogP contribution >= 0.6 is 0 Å². The zero-order chi connectivity index (χ0) is 14.6. The van der Waals surface area contributed by atoms with E-state index < -0.39 is 10.0 Å². The van der Waals surface area contributed by atoms with Gasteiger partial charge in [0.2, 0.25) is 10.0 Å². The molecule has 0 radical (unpaired) electrons. The second kappa shape index (κ2) is 6.56. The Morgan fingerprint density at radius 1 is 1.35 bits per heavy atom. The van der Waals surface area contributed by atoms with Crippen molar-refractivity contribution >= 4 is 10.0 Å². The highest BCUT2D eigenvalue weighted by molar-refractivity contribution is 7.89. The first-order valence-electron chi connectivity index (χ1n) is 6.95. The molecule has 0 unspecified atom stereocenters. The molecular weight excluding hydrogens is 278 g/mol. The van der Waals surface area contributed by atoms with Gasteiger partial charge in [-0.2, -0.15) is 4.31 Å². The number of rotatable bonds is 6. The molecule has 1 saturated heterocycles. The van der Waals surface area contributed by atoms with E-state index in [4.69, 9.17) is 4.74 Å². The molecule has 0 aliphatic carbocycles. The minimum absolute atomic E-state index is 0.128. The van der Waals surface area contributed by atoms with Gasteiger partial charge in [0.05, 0.1) is 18.1 Å². The van der Waals surface area contributed by atoms with E-state index in [1.807, 2.05) is 6.92 Å². The van der Waals surface area contributed by atoms with Gasteiger partial charge in [0, 0.05) is 12.6 Å². The summed E-state index contributed by atoms with van der Waals surface area (Å²) in [5.41, 5.74) is 0. The van der Waals surface area contributed by atoms with E-state index in [1.54, 1.807) is 24.3 Å². The van der Waals surface area contributed by atoms with Gasteiger partial charge in [-0.05, 0) is 43.5 Å². The number of aliphatic hydroxyl groups is 1. The molecule has 5 nitrogen and oxygen atoms in total. The molecule has 1 aliphatic heterocycles. The Kier molecular flexibility index (Phi) is 5.01. The summed E-state index contributed by atoms with van der Waals surface area (Å²) in [5.74, 6) is 0.672. The lowest BCUT2D eigenvalue weighted by Crippen LogP contribution is -2.37. The van der Waals surface area contributed by atoms with Crippen LogP contribution in [0.2, 0.25) is 0 Å². The molecule has 0 saturated carbocycles. The third-order valence-electron chi connectivity index (χ3n) is 3.44. The lowest BCUT2D eigenvalue weighted by Gasteiger charge is -2.22. The minimum atomic E-state index is -3.52. The second-order valence-corrected chi connectivity index (χ2v) is 6.80. The van der Waals surface area contributed by atoms with Gasteiger partial charge in [0.25, 0.3) is 0 Å². The highest BCUT2D eigenvalue weighted by Crippen LogP contribution is 2.26. The Morgan fingerprint density at radius 3 is 2.65 bits per heavy atom. The van der Waals surface area contributed by atoms with Crippen LogP contribution in [0.4, 0.5) is 0 Å². The molecule has 0 spiro atoms. The van der Waals surface area contributed by atoms with E-state index in [0.29, 0.717) is 25.3 Å². The van der Waals surface area contributed by atoms with Gasteiger partial charge in [-0.3, -0.25) is 0 Å². The number of nitrogens with zero attached hydrogens (tertiary/aromatic N) is 1. The summed E-state index contributed by atoms with van der Waals surface area (Å²) in [6.07, 6.45) is 2.42. The van der Waals surface area contributed by atoms with E-state index in [9.17, 15) is 13.5 Å². The number of benzene rings is 1. The topological polar surface area (TPSA) is 66.8 Å². The summed E-state index contributed by atoms with van der Waals surface area (Å²) in [4.78, 5) is 0.252. The molecule has 0 bridgehead atoms. The quantitative estimate of drug-likeness (QED) is 0.867. The zero-order valence-corrected chi connectivity index (χ0v) is 12.5. The van der Waals surface area contributed by atoms with Crippen molar-refractivity contribution in [2.24, 2.45) is 0 Å². The third kappa shape index (κ3) is 3.13. The van der Waals surface area contributed by atoms with Crippen LogP contribution in [-0.2, 0) is 10.0 Å². The van der Waals surface area contributed by atoms with Gasteiger partial charge >= 0.3 is 0 Å². The lowest BCUT2D eigenvalue weighted by atomic mass is 10.2. The van der Waals surface area contributed by atoms with E-state index in [0.717, 1.165) is 12.8 Å². The van der Waals surface area contributed by atoms with E-state index in [1.165, 1.54) is 4.31 Å². The van der Waals surface area contributed by atoms with Crippen molar-refractivity contribution in [3.8, 4) is 5.75 Å². The van der Waals surface area contributed by atoms with E-state index in [-0.39, 0.29) is 17.5 Å². The summed E-state index contributed by atoms with van der Waals surface area (Å²) in [6, 6.07) is 6.18. The summed E-state index contributed by atoms with van der Waals surface area (Å²) in [5, 5.41) is 9.26. The van der Waals surface area contributed by atoms with Crippen LogP contribution in [0.25, 0.3) is 0 Å². The molecule has 20 heavy (non-hydrogen) atoms. The molecule has 1 N–H and O–H groups in total. The number of ether oxygens (including phenoxy) is 1.